The molecule has 3 aromatic rings. The number of carbonyl (C=O) groups is 1. The minimum absolute atomic E-state index is 0.671. The monoisotopic (exact) mass is 247 g/mol. The summed E-state index contributed by atoms with van der Waals surface area (Å²) in [4.78, 5) is 15.9. The number of nitrogens with zero attached hydrogens (tertiary/aromatic N) is 1. The molecule has 0 unspecified atom stereocenters. The maximum atomic E-state index is 11.4. The number of fused-ring (bicyclic) bond motifs is 1. The number of aryl methyl sites for hydroxylation is 1. The molecule has 3 rings (SSSR count). The molecule has 0 amide bonds. The number of benzene rings is 2. The van der Waals surface area contributed by atoms with Crippen LogP contribution in [0.4, 0.5) is 0 Å². The molecule has 1 heterocycles. The number of hydrogen-bond donors (Lipinski definition) is 0. The van der Waals surface area contributed by atoms with Crippen LogP contribution in [0.5, 0.6) is 0 Å². The van der Waals surface area contributed by atoms with E-state index in [0.717, 1.165) is 34.0 Å². The number of hydrogen-bond acceptors (Lipinski definition) is 2. The van der Waals surface area contributed by atoms with Gasteiger partial charge in [-0.3, -0.25) is 9.78 Å². The molecule has 0 aliphatic rings. The van der Waals surface area contributed by atoms with Crippen LogP contribution in [0.3, 0.4) is 0 Å². The van der Waals surface area contributed by atoms with Gasteiger partial charge in [-0.25, -0.2) is 0 Å². The lowest BCUT2D eigenvalue weighted by atomic mass is 9.95. The van der Waals surface area contributed by atoms with Crippen LogP contribution in [-0.2, 0) is 0 Å². The molecule has 2 heteroatoms. The molecule has 0 atom stereocenters. The first-order valence-electron chi connectivity index (χ1n) is 6.21. The van der Waals surface area contributed by atoms with Crippen LogP contribution in [0.2, 0.25) is 0 Å². The van der Waals surface area contributed by atoms with Crippen LogP contribution >= 0.6 is 0 Å². The maximum Gasteiger partial charge on any atom is 0.152 e. The standard InChI is InChI=1S/C17H13NO/c1-12-15(11-19)17(13-7-3-2-4-8-13)14-9-5-6-10-16(14)18-12/h2-11H,1H3. The fourth-order valence-corrected chi connectivity index (χ4v) is 2.41. The van der Waals surface area contributed by atoms with Crippen LogP contribution in [0.25, 0.3) is 22.0 Å². The SMILES string of the molecule is Cc1nc2ccccc2c(-c2ccccc2)c1C=O. The molecule has 0 aliphatic carbocycles. The number of carbonyl (C=O) groups excluding carboxylic acids is 1. The van der Waals surface area contributed by atoms with Crippen molar-refractivity contribution in [2.75, 3.05) is 0 Å². The third kappa shape index (κ3) is 1.91. The lowest BCUT2D eigenvalue weighted by molar-refractivity contribution is 0.112. The average Bonchev–Trinajstić information content (AvgIpc) is 2.46. The van der Waals surface area contributed by atoms with Crippen molar-refractivity contribution >= 4 is 17.2 Å². The van der Waals surface area contributed by atoms with Gasteiger partial charge < -0.3 is 0 Å². The van der Waals surface area contributed by atoms with Crippen molar-refractivity contribution < 1.29 is 4.79 Å². The zero-order valence-electron chi connectivity index (χ0n) is 10.6. The van der Waals surface area contributed by atoms with Crippen molar-refractivity contribution in [3.8, 4) is 11.1 Å². The largest absolute Gasteiger partial charge is 0.298 e. The highest BCUT2D eigenvalue weighted by atomic mass is 16.1. The molecule has 0 saturated heterocycles. The van der Waals surface area contributed by atoms with E-state index < -0.39 is 0 Å². The molecule has 1 aromatic heterocycles. The number of para-hydroxylation sites is 1. The number of aldehydes is 1. The van der Waals surface area contributed by atoms with Crippen molar-refractivity contribution in [3.63, 3.8) is 0 Å². The summed E-state index contributed by atoms with van der Waals surface area (Å²) in [5.41, 5.74) is 4.38. The second-order valence-electron chi connectivity index (χ2n) is 4.49. The molecule has 0 saturated carbocycles. The van der Waals surface area contributed by atoms with Gasteiger partial charge in [-0.05, 0) is 18.6 Å². The molecule has 0 N–H and O–H groups in total. The molecule has 0 radical (unpaired) electrons. The second-order valence-corrected chi connectivity index (χ2v) is 4.49. The summed E-state index contributed by atoms with van der Waals surface area (Å²) >= 11 is 0. The Morgan fingerprint density at radius 2 is 1.63 bits per heavy atom. The summed E-state index contributed by atoms with van der Waals surface area (Å²) in [6.45, 7) is 1.88. The molecular formula is C17H13NO. The molecule has 2 nitrogen and oxygen atoms in total. The van der Waals surface area contributed by atoms with Gasteiger partial charge in [0.25, 0.3) is 0 Å². The van der Waals surface area contributed by atoms with Gasteiger partial charge in [0.05, 0.1) is 5.52 Å². The van der Waals surface area contributed by atoms with E-state index in [4.69, 9.17) is 0 Å². The van der Waals surface area contributed by atoms with Gasteiger partial charge in [-0.2, -0.15) is 0 Å². The van der Waals surface area contributed by atoms with Crippen LogP contribution in [0, 0.1) is 6.92 Å². The fourth-order valence-electron chi connectivity index (χ4n) is 2.41. The molecule has 19 heavy (non-hydrogen) atoms. The molecule has 0 bridgehead atoms. The van der Waals surface area contributed by atoms with Gasteiger partial charge in [0, 0.05) is 22.2 Å². The Morgan fingerprint density at radius 3 is 2.37 bits per heavy atom. The number of pyridine rings is 1. The van der Waals surface area contributed by atoms with Crippen molar-refractivity contribution in [2.24, 2.45) is 0 Å². The maximum absolute atomic E-state index is 11.4. The van der Waals surface area contributed by atoms with Crippen LogP contribution in [0.1, 0.15) is 16.1 Å². The molecule has 0 spiro atoms. The first-order valence-corrected chi connectivity index (χ1v) is 6.21. The fraction of sp³-hybridized carbons (Fsp3) is 0.0588. The summed E-state index contributed by atoms with van der Waals surface area (Å²) in [5, 5.41) is 1.02. The predicted molar refractivity (Wildman–Crippen MR) is 77.3 cm³/mol. The van der Waals surface area contributed by atoms with E-state index in [1.807, 2.05) is 61.5 Å². The third-order valence-corrected chi connectivity index (χ3v) is 3.30. The van der Waals surface area contributed by atoms with Gasteiger partial charge in [0.1, 0.15) is 0 Å². The van der Waals surface area contributed by atoms with Gasteiger partial charge in [0.2, 0.25) is 0 Å². The quantitative estimate of drug-likeness (QED) is 0.640. The van der Waals surface area contributed by atoms with Crippen molar-refractivity contribution in [3.05, 3.63) is 65.9 Å². The second kappa shape index (κ2) is 4.65. The van der Waals surface area contributed by atoms with Crippen molar-refractivity contribution in [2.45, 2.75) is 6.92 Å². The molecule has 2 aromatic carbocycles. The van der Waals surface area contributed by atoms with E-state index in [1.54, 1.807) is 0 Å². The molecule has 0 aliphatic heterocycles. The van der Waals surface area contributed by atoms with Crippen molar-refractivity contribution in [1.29, 1.82) is 0 Å². The number of rotatable bonds is 2. The average molecular weight is 247 g/mol. The van der Waals surface area contributed by atoms with Crippen LogP contribution < -0.4 is 0 Å². The van der Waals surface area contributed by atoms with E-state index in [0.29, 0.717) is 5.56 Å². The Hall–Kier alpha value is -2.48. The Kier molecular flexibility index (Phi) is 2.84. The van der Waals surface area contributed by atoms with Crippen LogP contribution in [0.15, 0.2) is 54.6 Å². The Bertz CT molecular complexity index is 748. The topological polar surface area (TPSA) is 30.0 Å². The van der Waals surface area contributed by atoms with Crippen molar-refractivity contribution in [1.82, 2.24) is 4.98 Å². The first-order chi connectivity index (χ1) is 9.31. The van der Waals surface area contributed by atoms with E-state index >= 15 is 0 Å². The van der Waals surface area contributed by atoms with Gasteiger partial charge in [-0.15, -0.1) is 0 Å². The zero-order chi connectivity index (χ0) is 13.2. The van der Waals surface area contributed by atoms with E-state index in [9.17, 15) is 4.79 Å². The summed E-state index contributed by atoms with van der Waals surface area (Å²) < 4.78 is 0. The zero-order valence-corrected chi connectivity index (χ0v) is 10.6. The molecule has 92 valence electrons. The highest BCUT2D eigenvalue weighted by molar-refractivity contribution is 6.03. The van der Waals surface area contributed by atoms with Crippen LogP contribution in [-0.4, -0.2) is 11.3 Å². The summed E-state index contributed by atoms with van der Waals surface area (Å²) in [7, 11) is 0. The summed E-state index contributed by atoms with van der Waals surface area (Å²) in [6, 6.07) is 17.9. The minimum atomic E-state index is 0.671. The predicted octanol–water partition coefficient (Wildman–Crippen LogP) is 4.02. The Balaban J connectivity index is 2.47. The Labute approximate surface area is 111 Å². The highest BCUT2D eigenvalue weighted by Crippen LogP contribution is 2.31. The van der Waals surface area contributed by atoms with E-state index in [1.165, 1.54) is 0 Å². The minimum Gasteiger partial charge on any atom is -0.298 e. The Morgan fingerprint density at radius 1 is 0.947 bits per heavy atom. The van der Waals surface area contributed by atoms with Gasteiger partial charge >= 0.3 is 0 Å². The summed E-state index contributed by atoms with van der Waals surface area (Å²) in [5.74, 6) is 0. The highest BCUT2D eigenvalue weighted by Gasteiger charge is 2.13. The lowest BCUT2D eigenvalue weighted by Gasteiger charge is -2.11. The van der Waals surface area contributed by atoms with Gasteiger partial charge in [0.15, 0.2) is 6.29 Å². The summed E-state index contributed by atoms with van der Waals surface area (Å²) in [6.07, 6.45) is 0.900. The normalized spacial score (nSPS) is 10.6. The first kappa shape index (κ1) is 11.6. The molecular weight excluding hydrogens is 234 g/mol. The smallest absolute Gasteiger partial charge is 0.152 e. The lowest BCUT2D eigenvalue weighted by Crippen LogP contribution is -1.97. The van der Waals surface area contributed by atoms with Gasteiger partial charge in [-0.1, -0.05) is 48.5 Å². The molecule has 0 fully saturated rings. The van der Waals surface area contributed by atoms with E-state index in [-0.39, 0.29) is 0 Å². The number of aromatic nitrogens is 1. The third-order valence-electron chi connectivity index (χ3n) is 3.30. The van der Waals surface area contributed by atoms with E-state index in [2.05, 4.69) is 4.98 Å².